The molecular weight excluding hydrogens is 216 g/mol. The number of rotatable bonds is 3. The molecule has 0 aromatic carbocycles. The standard InChI is InChI=1S/C14H18O3/c1-2-3-4-6-11(15)9-10(12(6)16)14-8-5-7(8)13(9)17-14/h6-10,13-14H,2-5H2,1H3. The Hall–Kier alpha value is -0.700. The lowest BCUT2D eigenvalue weighted by atomic mass is 9.81. The van der Waals surface area contributed by atoms with Crippen molar-refractivity contribution in [2.45, 2.75) is 44.8 Å². The zero-order valence-corrected chi connectivity index (χ0v) is 10.1. The summed E-state index contributed by atoms with van der Waals surface area (Å²) in [4.78, 5) is 24.7. The Morgan fingerprint density at radius 3 is 2.24 bits per heavy atom. The average molecular weight is 234 g/mol. The van der Waals surface area contributed by atoms with Gasteiger partial charge in [-0.2, -0.15) is 0 Å². The minimum atomic E-state index is -0.281. The minimum Gasteiger partial charge on any atom is -0.373 e. The van der Waals surface area contributed by atoms with Gasteiger partial charge in [0.05, 0.1) is 30.0 Å². The van der Waals surface area contributed by atoms with Crippen LogP contribution in [0.15, 0.2) is 0 Å². The molecule has 4 fully saturated rings. The molecule has 4 rings (SSSR count). The molecule has 17 heavy (non-hydrogen) atoms. The van der Waals surface area contributed by atoms with Gasteiger partial charge in [0.25, 0.3) is 0 Å². The van der Waals surface area contributed by atoms with E-state index in [9.17, 15) is 9.59 Å². The largest absolute Gasteiger partial charge is 0.373 e. The maximum atomic E-state index is 12.4. The van der Waals surface area contributed by atoms with Gasteiger partial charge < -0.3 is 4.74 Å². The maximum absolute atomic E-state index is 12.4. The highest BCUT2D eigenvalue weighted by atomic mass is 16.5. The van der Waals surface area contributed by atoms with Crippen LogP contribution in [0.1, 0.15) is 32.6 Å². The van der Waals surface area contributed by atoms with E-state index in [4.69, 9.17) is 4.74 Å². The predicted molar refractivity (Wildman–Crippen MR) is 60.3 cm³/mol. The summed E-state index contributed by atoms with van der Waals surface area (Å²) in [6.07, 6.45) is 4.24. The van der Waals surface area contributed by atoms with Crippen molar-refractivity contribution < 1.29 is 14.3 Å². The van der Waals surface area contributed by atoms with Crippen molar-refractivity contribution in [2.24, 2.45) is 29.6 Å². The van der Waals surface area contributed by atoms with Crippen molar-refractivity contribution in [3.8, 4) is 0 Å². The Labute approximate surface area is 101 Å². The summed E-state index contributed by atoms with van der Waals surface area (Å²) in [6, 6.07) is 0. The van der Waals surface area contributed by atoms with E-state index in [0.717, 1.165) is 19.3 Å². The highest BCUT2D eigenvalue weighted by Gasteiger charge is 2.73. The smallest absolute Gasteiger partial charge is 0.149 e. The van der Waals surface area contributed by atoms with Gasteiger partial charge in [-0.3, -0.25) is 9.59 Å². The van der Waals surface area contributed by atoms with Crippen LogP contribution in [0.25, 0.3) is 0 Å². The van der Waals surface area contributed by atoms with Gasteiger partial charge in [-0.25, -0.2) is 0 Å². The lowest BCUT2D eigenvalue weighted by molar-refractivity contribution is -0.131. The molecule has 2 saturated carbocycles. The second-order valence-electron chi connectivity index (χ2n) is 6.18. The number of hydrogen-bond acceptors (Lipinski definition) is 3. The molecule has 6 unspecified atom stereocenters. The van der Waals surface area contributed by atoms with Crippen molar-refractivity contribution in [1.82, 2.24) is 0 Å². The Kier molecular flexibility index (Phi) is 1.92. The van der Waals surface area contributed by atoms with Crippen LogP contribution < -0.4 is 0 Å². The van der Waals surface area contributed by atoms with Crippen LogP contribution >= 0.6 is 0 Å². The molecule has 92 valence electrons. The number of Topliss-reactive ketones (excluding diaryl/α,β-unsaturated/α-hetero) is 2. The predicted octanol–water partition coefficient (Wildman–Crippen LogP) is 1.59. The van der Waals surface area contributed by atoms with Crippen LogP contribution in [0.4, 0.5) is 0 Å². The van der Waals surface area contributed by atoms with Crippen molar-refractivity contribution in [2.75, 3.05) is 0 Å². The van der Waals surface area contributed by atoms with E-state index in [1.54, 1.807) is 0 Å². The van der Waals surface area contributed by atoms with Gasteiger partial charge in [0.15, 0.2) is 0 Å². The van der Waals surface area contributed by atoms with E-state index < -0.39 is 0 Å². The van der Waals surface area contributed by atoms with Crippen LogP contribution in [0, 0.1) is 29.6 Å². The summed E-state index contributed by atoms with van der Waals surface area (Å²) in [6.45, 7) is 2.10. The Bertz CT molecular complexity index is 370. The molecule has 2 saturated heterocycles. The lowest BCUT2D eigenvalue weighted by Crippen LogP contribution is -2.30. The average Bonchev–Trinajstić information content (AvgIpc) is 2.85. The first-order valence-electron chi connectivity index (χ1n) is 6.97. The summed E-state index contributed by atoms with van der Waals surface area (Å²) in [5.74, 6) is 1.26. The molecule has 0 radical (unpaired) electrons. The third-order valence-corrected chi connectivity index (χ3v) is 5.33. The Balaban J connectivity index is 1.61. The van der Waals surface area contributed by atoms with Gasteiger partial charge in [-0.1, -0.05) is 19.8 Å². The first-order chi connectivity index (χ1) is 8.24. The van der Waals surface area contributed by atoms with Gasteiger partial charge in [-0.15, -0.1) is 0 Å². The van der Waals surface area contributed by atoms with Crippen LogP contribution in [-0.2, 0) is 14.3 Å². The first kappa shape index (κ1) is 10.2. The monoisotopic (exact) mass is 234 g/mol. The highest BCUT2D eigenvalue weighted by molar-refractivity contribution is 6.12. The number of carbonyl (C=O) groups excluding carboxylic acids is 2. The second kappa shape index (κ2) is 3.19. The number of unbranched alkanes of at least 4 members (excludes halogenated alkanes) is 1. The molecule has 6 atom stereocenters. The van der Waals surface area contributed by atoms with Gasteiger partial charge in [-0.05, 0) is 24.7 Å². The van der Waals surface area contributed by atoms with E-state index in [1.165, 1.54) is 6.42 Å². The third kappa shape index (κ3) is 1.11. The lowest BCUT2D eigenvalue weighted by Gasteiger charge is -2.16. The number of hydrogen-bond donors (Lipinski definition) is 0. The zero-order valence-electron chi connectivity index (χ0n) is 10.1. The Morgan fingerprint density at radius 2 is 1.71 bits per heavy atom. The molecule has 3 nitrogen and oxygen atoms in total. The van der Waals surface area contributed by atoms with Crippen molar-refractivity contribution in [3.63, 3.8) is 0 Å². The molecule has 3 heteroatoms. The fourth-order valence-electron chi connectivity index (χ4n) is 4.46. The van der Waals surface area contributed by atoms with Gasteiger partial charge in [0, 0.05) is 0 Å². The molecular formula is C14H18O3. The minimum absolute atomic E-state index is 0.0573. The first-order valence-corrected chi connectivity index (χ1v) is 6.97. The van der Waals surface area contributed by atoms with E-state index in [-0.39, 0.29) is 41.5 Å². The fraction of sp³-hybridized carbons (Fsp3) is 0.857. The fourth-order valence-corrected chi connectivity index (χ4v) is 4.46. The van der Waals surface area contributed by atoms with Crippen LogP contribution in [-0.4, -0.2) is 23.8 Å². The molecule has 0 amide bonds. The maximum Gasteiger partial charge on any atom is 0.149 e. The van der Waals surface area contributed by atoms with Gasteiger partial charge in [0.2, 0.25) is 0 Å². The van der Waals surface area contributed by atoms with Crippen molar-refractivity contribution in [1.29, 1.82) is 0 Å². The molecule has 0 spiro atoms. The molecule has 2 heterocycles. The van der Waals surface area contributed by atoms with E-state index in [1.807, 2.05) is 0 Å². The quantitative estimate of drug-likeness (QED) is 0.696. The summed E-state index contributed by atoms with van der Waals surface area (Å²) < 4.78 is 5.85. The van der Waals surface area contributed by atoms with E-state index in [2.05, 4.69) is 6.92 Å². The normalized spacial score (nSPS) is 54.1. The number of ether oxygens (including phenoxy) is 1. The highest BCUT2D eigenvalue weighted by Crippen LogP contribution is 2.65. The molecule has 2 aliphatic heterocycles. The third-order valence-electron chi connectivity index (χ3n) is 5.33. The molecule has 0 aromatic rings. The summed E-state index contributed by atoms with van der Waals surface area (Å²) in [5, 5.41) is 0. The topological polar surface area (TPSA) is 43.4 Å². The van der Waals surface area contributed by atoms with Crippen molar-refractivity contribution >= 4 is 11.6 Å². The molecule has 0 N–H and O–H groups in total. The number of ketones is 2. The second-order valence-corrected chi connectivity index (χ2v) is 6.18. The van der Waals surface area contributed by atoms with E-state index in [0.29, 0.717) is 11.8 Å². The van der Waals surface area contributed by atoms with Crippen molar-refractivity contribution in [3.05, 3.63) is 0 Å². The molecule has 0 aromatic heterocycles. The number of carbonyl (C=O) groups is 2. The van der Waals surface area contributed by atoms with Crippen LogP contribution in [0.2, 0.25) is 0 Å². The SMILES string of the molecule is CCCCC1C(=O)C2C3OC(C4CC43)C2C1=O. The zero-order chi connectivity index (χ0) is 11.7. The number of fused-ring (bicyclic) bond motifs is 8. The van der Waals surface area contributed by atoms with Crippen LogP contribution in [0.3, 0.4) is 0 Å². The van der Waals surface area contributed by atoms with Crippen LogP contribution in [0.5, 0.6) is 0 Å². The molecule has 4 aliphatic rings. The summed E-state index contributed by atoms with van der Waals surface area (Å²) >= 11 is 0. The Morgan fingerprint density at radius 1 is 1.12 bits per heavy atom. The van der Waals surface area contributed by atoms with Gasteiger partial charge >= 0.3 is 0 Å². The molecule has 2 bridgehead atoms. The summed E-state index contributed by atoms with van der Waals surface area (Å²) in [7, 11) is 0. The van der Waals surface area contributed by atoms with Gasteiger partial charge in [0.1, 0.15) is 11.6 Å². The molecule has 2 aliphatic carbocycles. The summed E-state index contributed by atoms with van der Waals surface area (Å²) in [5.41, 5.74) is 0. The van der Waals surface area contributed by atoms with E-state index >= 15 is 0 Å².